The van der Waals surface area contributed by atoms with Crippen molar-refractivity contribution in [1.29, 1.82) is 0 Å². The van der Waals surface area contributed by atoms with E-state index in [-0.39, 0.29) is 22.4 Å². The van der Waals surface area contributed by atoms with Gasteiger partial charge in [0.15, 0.2) is 11.6 Å². The van der Waals surface area contributed by atoms with Gasteiger partial charge in [0, 0.05) is 5.41 Å². The zero-order chi connectivity index (χ0) is 16.4. The van der Waals surface area contributed by atoms with Gasteiger partial charge in [-0.1, -0.05) is 38.2 Å². The molecule has 4 aliphatic carbocycles. The average molecular weight is 308 g/mol. The Balaban J connectivity index is 1.75. The van der Waals surface area contributed by atoms with Crippen molar-refractivity contribution in [1.82, 2.24) is 0 Å². The number of rotatable bonds is 1. The van der Waals surface area contributed by atoms with Gasteiger partial charge >= 0.3 is 0 Å². The van der Waals surface area contributed by atoms with E-state index in [1.54, 1.807) is 19.1 Å². The largest absolute Gasteiger partial charge is 0.295 e. The van der Waals surface area contributed by atoms with Crippen LogP contribution in [0.25, 0.3) is 0 Å². The highest BCUT2D eigenvalue weighted by atomic mass is 16.1. The standard InChI is InChI=1S/C21H24O2/c1-13(22)17-6-7-18-16-5-4-14-12-15(23)8-10-20(14,2)19(16)9-11-21(17,18)3/h4-6,8,10,12,16,18-19H,7,9,11H2,1-3H3/t16-,18-,19-,20-,21+/m0/s1. The van der Waals surface area contributed by atoms with Gasteiger partial charge in [0.2, 0.25) is 0 Å². The van der Waals surface area contributed by atoms with Gasteiger partial charge in [0.1, 0.15) is 0 Å². The lowest BCUT2D eigenvalue weighted by atomic mass is 9.49. The molecular formula is C21H24O2. The first kappa shape index (κ1) is 14.9. The Morgan fingerprint density at radius 2 is 2.00 bits per heavy atom. The van der Waals surface area contributed by atoms with E-state index in [1.807, 2.05) is 0 Å². The maximum atomic E-state index is 12.0. The molecule has 0 spiro atoms. The molecule has 2 nitrogen and oxygen atoms in total. The van der Waals surface area contributed by atoms with E-state index in [9.17, 15) is 9.59 Å². The van der Waals surface area contributed by atoms with Gasteiger partial charge in [-0.05, 0) is 72.7 Å². The Bertz CT molecular complexity index is 720. The van der Waals surface area contributed by atoms with Crippen molar-refractivity contribution < 1.29 is 9.59 Å². The van der Waals surface area contributed by atoms with E-state index in [4.69, 9.17) is 0 Å². The van der Waals surface area contributed by atoms with Crippen LogP contribution >= 0.6 is 0 Å². The molecule has 0 saturated heterocycles. The molecule has 1 saturated carbocycles. The lowest BCUT2D eigenvalue weighted by Crippen LogP contribution is -2.47. The van der Waals surface area contributed by atoms with Crippen molar-refractivity contribution in [3.63, 3.8) is 0 Å². The minimum absolute atomic E-state index is 0.0309. The zero-order valence-electron chi connectivity index (χ0n) is 14.1. The Kier molecular flexibility index (Phi) is 3.01. The van der Waals surface area contributed by atoms with Crippen LogP contribution in [0.2, 0.25) is 0 Å². The van der Waals surface area contributed by atoms with E-state index in [2.05, 4.69) is 38.2 Å². The van der Waals surface area contributed by atoms with Gasteiger partial charge < -0.3 is 0 Å². The van der Waals surface area contributed by atoms with Gasteiger partial charge in [0.05, 0.1) is 0 Å². The fourth-order valence-corrected chi connectivity index (χ4v) is 5.77. The first-order chi connectivity index (χ1) is 10.9. The third-order valence-corrected chi connectivity index (χ3v) is 7.07. The zero-order valence-corrected chi connectivity index (χ0v) is 14.1. The van der Waals surface area contributed by atoms with E-state index in [0.717, 1.165) is 30.4 Å². The normalized spacial score (nSPS) is 44.1. The van der Waals surface area contributed by atoms with Crippen LogP contribution in [-0.4, -0.2) is 11.6 Å². The molecule has 5 atom stereocenters. The predicted octanol–water partition coefficient (Wildman–Crippen LogP) is 4.20. The first-order valence-electron chi connectivity index (χ1n) is 8.71. The number of ketones is 2. The van der Waals surface area contributed by atoms with E-state index >= 15 is 0 Å². The molecular weight excluding hydrogens is 284 g/mol. The van der Waals surface area contributed by atoms with Crippen molar-refractivity contribution in [3.8, 4) is 0 Å². The molecule has 0 radical (unpaired) electrons. The highest BCUT2D eigenvalue weighted by molar-refractivity contribution is 6.01. The molecule has 0 unspecified atom stereocenters. The van der Waals surface area contributed by atoms with Crippen LogP contribution in [0.5, 0.6) is 0 Å². The maximum absolute atomic E-state index is 12.0. The Labute approximate surface area is 138 Å². The lowest BCUT2D eigenvalue weighted by molar-refractivity contribution is -0.115. The van der Waals surface area contributed by atoms with Crippen molar-refractivity contribution in [2.45, 2.75) is 40.0 Å². The highest BCUT2D eigenvalue weighted by Crippen LogP contribution is 2.62. The van der Waals surface area contributed by atoms with Crippen LogP contribution in [0.3, 0.4) is 0 Å². The number of Topliss-reactive ketones (excluding diaryl/α,β-unsaturated/α-hetero) is 1. The number of hydrogen-bond donors (Lipinski definition) is 0. The average Bonchev–Trinajstić information content (AvgIpc) is 2.85. The second kappa shape index (κ2) is 4.66. The molecule has 0 N–H and O–H groups in total. The van der Waals surface area contributed by atoms with Gasteiger partial charge in [0.25, 0.3) is 0 Å². The van der Waals surface area contributed by atoms with E-state index < -0.39 is 0 Å². The molecule has 2 heteroatoms. The molecule has 0 aromatic heterocycles. The third kappa shape index (κ3) is 1.87. The van der Waals surface area contributed by atoms with E-state index in [1.165, 1.54) is 0 Å². The topological polar surface area (TPSA) is 34.1 Å². The summed E-state index contributed by atoms with van der Waals surface area (Å²) in [6.45, 7) is 6.27. The van der Waals surface area contributed by atoms with Crippen LogP contribution in [0.4, 0.5) is 0 Å². The van der Waals surface area contributed by atoms with Gasteiger partial charge in [-0.3, -0.25) is 9.59 Å². The summed E-state index contributed by atoms with van der Waals surface area (Å²) in [6, 6.07) is 0. The smallest absolute Gasteiger partial charge is 0.178 e. The SMILES string of the molecule is CC(=O)C1=CC[C@H]2[C@@H]3C=CC4=CC(=O)C=C[C@]4(C)[C@H]3CC[C@]12C. The summed E-state index contributed by atoms with van der Waals surface area (Å²) in [5, 5.41) is 0. The fraction of sp³-hybridized carbons (Fsp3) is 0.524. The molecule has 4 rings (SSSR count). The quantitative estimate of drug-likeness (QED) is 0.727. The number of carbonyl (C=O) groups is 2. The Morgan fingerprint density at radius 3 is 2.74 bits per heavy atom. The molecule has 0 amide bonds. The molecule has 120 valence electrons. The Morgan fingerprint density at radius 1 is 1.22 bits per heavy atom. The molecule has 4 aliphatic rings. The molecule has 0 heterocycles. The first-order valence-corrected chi connectivity index (χ1v) is 8.71. The minimum Gasteiger partial charge on any atom is -0.295 e. The van der Waals surface area contributed by atoms with Crippen LogP contribution in [0, 0.1) is 28.6 Å². The molecule has 0 bridgehead atoms. The lowest BCUT2D eigenvalue weighted by Gasteiger charge is -2.54. The van der Waals surface area contributed by atoms with Gasteiger partial charge in [-0.25, -0.2) is 0 Å². The third-order valence-electron chi connectivity index (χ3n) is 7.07. The van der Waals surface area contributed by atoms with E-state index in [0.29, 0.717) is 17.8 Å². The van der Waals surface area contributed by atoms with Crippen LogP contribution < -0.4 is 0 Å². The van der Waals surface area contributed by atoms with Crippen molar-refractivity contribution in [2.24, 2.45) is 28.6 Å². The predicted molar refractivity (Wildman–Crippen MR) is 90.7 cm³/mol. The fourth-order valence-electron chi connectivity index (χ4n) is 5.77. The summed E-state index contributed by atoms with van der Waals surface area (Å²) < 4.78 is 0. The highest BCUT2D eigenvalue weighted by Gasteiger charge is 2.55. The Hall–Kier alpha value is -1.70. The molecule has 0 aliphatic heterocycles. The van der Waals surface area contributed by atoms with Crippen LogP contribution in [0.15, 0.2) is 47.6 Å². The summed E-state index contributed by atoms with van der Waals surface area (Å²) in [7, 11) is 0. The number of fused-ring (bicyclic) bond motifs is 5. The van der Waals surface area contributed by atoms with Gasteiger partial charge in [-0.2, -0.15) is 0 Å². The summed E-state index contributed by atoms with van der Waals surface area (Å²) in [5.41, 5.74) is 2.21. The number of carbonyl (C=O) groups excluding carboxylic acids is 2. The summed E-state index contributed by atoms with van der Waals surface area (Å²) >= 11 is 0. The van der Waals surface area contributed by atoms with Crippen molar-refractivity contribution in [2.75, 3.05) is 0 Å². The van der Waals surface area contributed by atoms with Crippen LogP contribution in [-0.2, 0) is 9.59 Å². The second-order valence-corrected chi connectivity index (χ2v) is 8.13. The molecule has 0 aromatic rings. The molecule has 23 heavy (non-hydrogen) atoms. The van der Waals surface area contributed by atoms with Gasteiger partial charge in [-0.15, -0.1) is 0 Å². The molecule has 1 fully saturated rings. The number of hydrogen-bond acceptors (Lipinski definition) is 2. The maximum Gasteiger partial charge on any atom is 0.178 e. The van der Waals surface area contributed by atoms with Crippen molar-refractivity contribution >= 4 is 11.6 Å². The molecule has 0 aromatic carbocycles. The van der Waals surface area contributed by atoms with Crippen molar-refractivity contribution in [3.05, 3.63) is 47.6 Å². The summed E-state index contributed by atoms with van der Waals surface area (Å²) in [6.07, 6.45) is 15.5. The second-order valence-electron chi connectivity index (χ2n) is 8.13. The summed E-state index contributed by atoms with van der Waals surface area (Å²) in [5.74, 6) is 1.87. The minimum atomic E-state index is -0.0341. The summed E-state index contributed by atoms with van der Waals surface area (Å²) in [4.78, 5) is 23.8. The number of allylic oxidation sites excluding steroid dienone is 8. The monoisotopic (exact) mass is 308 g/mol. The van der Waals surface area contributed by atoms with Crippen LogP contribution in [0.1, 0.15) is 40.0 Å².